The van der Waals surface area contributed by atoms with Crippen LogP contribution in [0.5, 0.6) is 11.5 Å². The number of anilines is 1. The van der Waals surface area contributed by atoms with Crippen molar-refractivity contribution in [2.24, 2.45) is 11.3 Å². The van der Waals surface area contributed by atoms with E-state index in [-0.39, 0.29) is 31.1 Å². The molecule has 0 aromatic heterocycles. The van der Waals surface area contributed by atoms with E-state index in [0.717, 1.165) is 0 Å². The molecule has 2 amide bonds. The van der Waals surface area contributed by atoms with Crippen LogP contribution in [0.4, 0.5) is 10.1 Å². The van der Waals surface area contributed by atoms with E-state index in [4.69, 9.17) is 14.2 Å². The molecular weight excluding hydrogens is 531 g/mol. The molecule has 4 rings (SSSR count). The van der Waals surface area contributed by atoms with E-state index < -0.39 is 41.2 Å². The third kappa shape index (κ3) is 6.48. The van der Waals surface area contributed by atoms with Crippen LogP contribution in [-0.2, 0) is 19.1 Å². The van der Waals surface area contributed by atoms with Crippen LogP contribution in [0.2, 0.25) is 0 Å². The highest BCUT2D eigenvalue weighted by Crippen LogP contribution is 2.46. The number of rotatable bonds is 7. The molecule has 0 radical (unpaired) electrons. The molecule has 41 heavy (non-hydrogen) atoms. The first-order valence-electron chi connectivity index (χ1n) is 13.8. The lowest BCUT2D eigenvalue weighted by atomic mass is 9.93. The van der Waals surface area contributed by atoms with E-state index >= 15 is 4.39 Å². The molecule has 2 heterocycles. The number of hydrogen-bond donors (Lipinski definition) is 1. The van der Waals surface area contributed by atoms with Gasteiger partial charge in [-0.25, -0.2) is 4.39 Å². The van der Waals surface area contributed by atoms with Gasteiger partial charge in [0.2, 0.25) is 5.91 Å². The number of piperidine rings is 1. The number of carboxylic acids is 1. The highest BCUT2D eigenvalue weighted by atomic mass is 19.1. The van der Waals surface area contributed by atoms with Gasteiger partial charge < -0.3 is 29.1 Å². The number of aliphatic carboxylic acids is 1. The van der Waals surface area contributed by atoms with Gasteiger partial charge >= 0.3 is 5.97 Å². The van der Waals surface area contributed by atoms with Crippen molar-refractivity contribution in [1.29, 1.82) is 0 Å². The summed E-state index contributed by atoms with van der Waals surface area (Å²) in [5.74, 6) is -2.29. The van der Waals surface area contributed by atoms with Crippen molar-refractivity contribution < 1.29 is 38.1 Å². The van der Waals surface area contributed by atoms with E-state index in [1.165, 1.54) is 30.1 Å². The lowest BCUT2D eigenvalue weighted by Crippen LogP contribution is -2.48. The zero-order chi connectivity index (χ0) is 30.1. The Morgan fingerprint density at radius 2 is 1.88 bits per heavy atom. The Hall–Kier alpha value is -3.66. The largest absolute Gasteiger partial charge is 0.493 e. The fraction of sp³-hybridized carbons (Fsp3) is 0.516. The van der Waals surface area contributed by atoms with Crippen molar-refractivity contribution in [3.05, 3.63) is 52.8 Å². The Morgan fingerprint density at radius 1 is 1.15 bits per heavy atom. The number of carboxylic acid groups (broad SMARTS) is 1. The second-order valence-corrected chi connectivity index (χ2v) is 12.0. The number of hydrogen-bond acceptors (Lipinski definition) is 6. The van der Waals surface area contributed by atoms with Gasteiger partial charge in [-0.2, -0.15) is 0 Å². The first-order valence-corrected chi connectivity index (χ1v) is 13.8. The number of carbonyl (C=O) groups excluding carboxylic acids is 2. The number of fused-ring (bicyclic) bond motifs is 1. The zero-order valence-corrected chi connectivity index (χ0v) is 24.5. The first kappa shape index (κ1) is 30.3. The SMILES string of the molecule is COc1cccc(C2OC(CC(=O)N3CCCC(C(=O)O)C3)C(=O)N(CC(C)(C)C)c3c(F)cc(C)cc32)c1OC. The molecule has 1 N–H and O–H groups in total. The van der Waals surface area contributed by atoms with Gasteiger partial charge in [0.25, 0.3) is 5.91 Å². The Bertz CT molecular complexity index is 1320. The molecule has 1 fully saturated rings. The summed E-state index contributed by atoms with van der Waals surface area (Å²) in [6.45, 7) is 8.25. The van der Waals surface area contributed by atoms with Gasteiger partial charge in [-0.3, -0.25) is 14.4 Å². The van der Waals surface area contributed by atoms with Crippen LogP contribution in [0.3, 0.4) is 0 Å². The number of para-hydroxylation sites is 1. The van der Waals surface area contributed by atoms with Crippen molar-refractivity contribution in [2.45, 2.75) is 59.2 Å². The molecule has 1 saturated heterocycles. The number of nitrogens with zero attached hydrogens (tertiary/aromatic N) is 2. The predicted octanol–water partition coefficient (Wildman–Crippen LogP) is 4.73. The molecule has 2 aliphatic rings. The number of benzene rings is 2. The summed E-state index contributed by atoms with van der Waals surface area (Å²) >= 11 is 0. The molecule has 3 atom stereocenters. The summed E-state index contributed by atoms with van der Waals surface area (Å²) in [6.07, 6.45) is -1.50. The summed E-state index contributed by atoms with van der Waals surface area (Å²) in [5, 5.41) is 9.50. The van der Waals surface area contributed by atoms with Crippen molar-refractivity contribution in [3.63, 3.8) is 0 Å². The van der Waals surface area contributed by atoms with Crippen molar-refractivity contribution in [3.8, 4) is 11.5 Å². The standard InChI is InChI=1S/C31H39FN2O7/c1-18-13-21-26(22(32)14-18)34(17-31(2,3)4)29(36)24(15-25(35)33-12-8-9-19(16-33)30(37)38)41-27(21)20-10-7-11-23(39-5)28(20)40-6/h7,10-11,13-14,19,24,27H,8-9,12,15-17H2,1-6H3,(H,37,38). The average molecular weight is 571 g/mol. The molecule has 0 bridgehead atoms. The molecule has 2 aromatic rings. The highest BCUT2D eigenvalue weighted by molar-refractivity contribution is 6.00. The normalized spacial score (nSPS) is 21.2. The van der Waals surface area contributed by atoms with Crippen LogP contribution in [0.15, 0.2) is 30.3 Å². The summed E-state index contributed by atoms with van der Waals surface area (Å²) in [4.78, 5) is 42.2. The molecule has 10 heteroatoms. The van der Waals surface area contributed by atoms with Crippen LogP contribution in [0.25, 0.3) is 0 Å². The van der Waals surface area contributed by atoms with Crippen molar-refractivity contribution in [1.82, 2.24) is 4.90 Å². The van der Waals surface area contributed by atoms with Crippen LogP contribution in [0.1, 0.15) is 62.8 Å². The maximum atomic E-state index is 15.9. The second-order valence-electron chi connectivity index (χ2n) is 12.0. The quantitative estimate of drug-likeness (QED) is 0.513. The smallest absolute Gasteiger partial charge is 0.308 e. The highest BCUT2D eigenvalue weighted by Gasteiger charge is 2.42. The molecule has 0 aliphatic carbocycles. The molecule has 222 valence electrons. The minimum Gasteiger partial charge on any atom is -0.493 e. The Labute approximate surface area is 240 Å². The number of halogens is 1. The molecule has 2 aromatic carbocycles. The average Bonchev–Trinajstić information content (AvgIpc) is 3.02. The van der Waals surface area contributed by atoms with E-state index in [9.17, 15) is 19.5 Å². The Morgan fingerprint density at radius 3 is 2.51 bits per heavy atom. The summed E-state index contributed by atoms with van der Waals surface area (Å²) in [5.41, 5.74) is 1.29. The third-order valence-corrected chi connectivity index (χ3v) is 7.46. The van der Waals surface area contributed by atoms with E-state index in [2.05, 4.69) is 0 Å². The zero-order valence-electron chi connectivity index (χ0n) is 24.5. The molecule has 9 nitrogen and oxygen atoms in total. The van der Waals surface area contributed by atoms with Crippen molar-refractivity contribution in [2.75, 3.05) is 38.8 Å². The van der Waals surface area contributed by atoms with Gasteiger partial charge in [-0.1, -0.05) is 39.0 Å². The van der Waals surface area contributed by atoms with Gasteiger partial charge in [0.05, 0.1) is 32.2 Å². The molecule has 0 saturated carbocycles. The summed E-state index contributed by atoms with van der Waals surface area (Å²) < 4.78 is 33.6. The van der Waals surface area contributed by atoms with Crippen LogP contribution < -0.4 is 14.4 Å². The Kier molecular flexibility index (Phi) is 8.91. The second kappa shape index (κ2) is 12.1. The molecule has 0 spiro atoms. The summed E-state index contributed by atoms with van der Waals surface area (Å²) in [7, 11) is 3.00. The molecule has 3 unspecified atom stereocenters. The maximum absolute atomic E-state index is 15.9. The number of aryl methyl sites for hydroxylation is 1. The van der Waals surface area contributed by atoms with Gasteiger partial charge in [0.1, 0.15) is 18.0 Å². The third-order valence-electron chi connectivity index (χ3n) is 7.46. The van der Waals surface area contributed by atoms with Crippen LogP contribution in [-0.4, -0.2) is 67.7 Å². The monoisotopic (exact) mass is 570 g/mol. The predicted molar refractivity (Wildman–Crippen MR) is 151 cm³/mol. The molecule has 2 aliphatic heterocycles. The number of ether oxygens (including phenoxy) is 3. The Balaban J connectivity index is 1.84. The first-order chi connectivity index (χ1) is 19.3. The van der Waals surface area contributed by atoms with E-state index in [0.29, 0.717) is 47.6 Å². The van der Waals surface area contributed by atoms with Gasteiger partial charge in [-0.15, -0.1) is 0 Å². The summed E-state index contributed by atoms with van der Waals surface area (Å²) in [6, 6.07) is 8.42. The van der Waals surface area contributed by atoms with Crippen molar-refractivity contribution >= 4 is 23.5 Å². The van der Waals surface area contributed by atoms with Gasteiger partial charge in [0.15, 0.2) is 11.5 Å². The number of methoxy groups -OCH3 is 2. The van der Waals surface area contributed by atoms with E-state index in [1.54, 1.807) is 31.2 Å². The van der Waals surface area contributed by atoms with Gasteiger partial charge in [0, 0.05) is 30.8 Å². The van der Waals surface area contributed by atoms with Gasteiger partial charge in [-0.05, 0) is 42.9 Å². The fourth-order valence-electron chi connectivity index (χ4n) is 5.64. The number of amides is 2. The van der Waals surface area contributed by atoms with Crippen LogP contribution >= 0.6 is 0 Å². The minimum atomic E-state index is -1.26. The molecular formula is C31H39FN2O7. The topological polar surface area (TPSA) is 106 Å². The van der Waals surface area contributed by atoms with Crippen LogP contribution in [0, 0.1) is 24.1 Å². The fourth-order valence-corrected chi connectivity index (χ4v) is 5.64. The number of carbonyl (C=O) groups is 3. The lowest BCUT2D eigenvalue weighted by Gasteiger charge is -2.33. The minimum absolute atomic E-state index is 0.0714. The number of likely N-dealkylation sites (tertiary alicyclic amines) is 1. The maximum Gasteiger partial charge on any atom is 0.308 e. The lowest BCUT2D eigenvalue weighted by molar-refractivity contribution is -0.148. The van der Waals surface area contributed by atoms with E-state index in [1.807, 2.05) is 20.8 Å².